The predicted molar refractivity (Wildman–Crippen MR) is 128 cm³/mol. The summed E-state index contributed by atoms with van der Waals surface area (Å²) in [6.07, 6.45) is 3.30. The molecule has 3 aliphatic carbocycles. The Balaban J connectivity index is 1.64. The molecule has 3 saturated carbocycles. The highest BCUT2D eigenvalue weighted by Gasteiger charge is 2.64. The van der Waals surface area contributed by atoms with Crippen LogP contribution in [0, 0.1) is 23.2 Å². The highest BCUT2D eigenvalue weighted by Crippen LogP contribution is 2.65. The van der Waals surface area contributed by atoms with E-state index >= 15 is 0 Å². The summed E-state index contributed by atoms with van der Waals surface area (Å²) in [5.41, 5.74) is 0.00667. The molecular weight excluding hydrogens is 464 g/mol. The Labute approximate surface area is 199 Å². The van der Waals surface area contributed by atoms with Crippen molar-refractivity contribution in [1.82, 2.24) is 15.3 Å². The number of carbonyl (C=O) groups is 1. The zero-order valence-corrected chi connectivity index (χ0v) is 20.6. The van der Waals surface area contributed by atoms with E-state index in [1.807, 2.05) is 0 Å². The first kappa shape index (κ1) is 23.7. The lowest BCUT2D eigenvalue weighted by atomic mass is 9.40. The van der Waals surface area contributed by atoms with Gasteiger partial charge in [-0.05, 0) is 55.2 Å². The van der Waals surface area contributed by atoms with Crippen LogP contribution < -0.4 is 21.1 Å². The summed E-state index contributed by atoms with van der Waals surface area (Å²) in [6.45, 7) is 6.56. The van der Waals surface area contributed by atoms with Crippen LogP contribution in [-0.2, 0) is 14.8 Å². The summed E-state index contributed by atoms with van der Waals surface area (Å²) in [6, 6.07) is 6.07. The number of carbonyl (C=O) groups excluding carboxylic acids is 1. The number of benzene rings is 1. The minimum Gasteiger partial charge on any atom is -0.362 e. The number of nitrogens with two attached hydrogens (primary N) is 1. The number of nitrogens with zero attached hydrogens (tertiary/aromatic N) is 2. The minimum atomic E-state index is -3.84. The number of anilines is 3. The van der Waals surface area contributed by atoms with Crippen LogP contribution in [-0.4, -0.2) is 36.9 Å². The second-order valence-corrected chi connectivity index (χ2v) is 11.7. The second-order valence-electron chi connectivity index (χ2n) is 9.70. The zero-order chi connectivity index (χ0) is 24.2. The number of hydrogen-bond acceptors (Lipinski definition) is 7. The fraction of sp³-hybridized carbons (Fsp3) is 0.500. The van der Waals surface area contributed by atoms with Crippen LogP contribution in [0.2, 0.25) is 5.02 Å². The maximum atomic E-state index is 12.8. The lowest BCUT2D eigenvalue weighted by Gasteiger charge is -2.66. The van der Waals surface area contributed by atoms with Gasteiger partial charge in [0.1, 0.15) is 5.02 Å². The van der Waals surface area contributed by atoms with Crippen LogP contribution in [0.5, 0.6) is 0 Å². The summed E-state index contributed by atoms with van der Waals surface area (Å²) in [7, 11) is -2.19. The molecule has 0 saturated heterocycles. The van der Waals surface area contributed by atoms with Gasteiger partial charge in [0.25, 0.3) is 0 Å². The molecule has 4 atom stereocenters. The average Bonchev–Trinajstić information content (AvgIpc) is 2.74. The van der Waals surface area contributed by atoms with Crippen molar-refractivity contribution in [2.75, 3.05) is 17.7 Å². The smallest absolute Gasteiger partial charge is 0.238 e. The maximum Gasteiger partial charge on any atom is 0.238 e. The first-order valence-corrected chi connectivity index (χ1v) is 12.7. The summed E-state index contributed by atoms with van der Waals surface area (Å²) in [5, 5.41) is 14.8. The topological polar surface area (TPSA) is 139 Å². The van der Waals surface area contributed by atoms with Crippen LogP contribution in [0.25, 0.3) is 0 Å². The molecule has 11 heteroatoms. The van der Waals surface area contributed by atoms with E-state index in [0.717, 1.165) is 12.8 Å². The minimum absolute atomic E-state index is 0.00136. The molecular formula is C22H29ClN6O3S. The Morgan fingerprint density at radius 2 is 1.97 bits per heavy atom. The van der Waals surface area contributed by atoms with Gasteiger partial charge >= 0.3 is 0 Å². The summed E-state index contributed by atoms with van der Waals surface area (Å²) >= 11 is 6.45. The molecule has 33 heavy (non-hydrogen) atoms. The van der Waals surface area contributed by atoms with E-state index in [1.165, 1.54) is 18.3 Å². The van der Waals surface area contributed by atoms with Crippen molar-refractivity contribution in [2.45, 2.75) is 44.0 Å². The number of halogens is 1. The monoisotopic (exact) mass is 492 g/mol. The van der Waals surface area contributed by atoms with E-state index < -0.39 is 15.6 Å². The van der Waals surface area contributed by atoms with E-state index in [4.69, 9.17) is 16.7 Å². The van der Waals surface area contributed by atoms with Crippen molar-refractivity contribution in [3.63, 3.8) is 0 Å². The SMILES string of the molecule is CNC(=O)[C@H]1C[C@H]2C[C@H](C2(C)C)[C@@]1(C)Nc1nc(Nc2cccc(S(N)(=O)=O)c2)ncc1Cl. The maximum absolute atomic E-state index is 12.8. The van der Waals surface area contributed by atoms with Gasteiger partial charge in [0.2, 0.25) is 21.9 Å². The third-order valence-electron chi connectivity index (χ3n) is 7.55. The molecule has 0 spiro atoms. The van der Waals surface area contributed by atoms with E-state index in [1.54, 1.807) is 19.2 Å². The van der Waals surface area contributed by atoms with E-state index in [-0.39, 0.29) is 34.0 Å². The van der Waals surface area contributed by atoms with Crippen LogP contribution >= 0.6 is 11.6 Å². The van der Waals surface area contributed by atoms with Crippen molar-refractivity contribution < 1.29 is 13.2 Å². The van der Waals surface area contributed by atoms with Crippen LogP contribution in [0.3, 0.4) is 0 Å². The number of rotatable bonds is 6. The molecule has 1 heterocycles. The summed E-state index contributed by atoms with van der Waals surface area (Å²) in [5.74, 6) is 1.18. The van der Waals surface area contributed by atoms with Gasteiger partial charge in [0, 0.05) is 12.7 Å². The normalized spacial score (nSPS) is 27.9. The zero-order valence-electron chi connectivity index (χ0n) is 19.0. The average molecular weight is 493 g/mol. The molecule has 0 aliphatic heterocycles. The van der Waals surface area contributed by atoms with Crippen molar-refractivity contribution >= 4 is 45.0 Å². The van der Waals surface area contributed by atoms with Gasteiger partial charge in [0.05, 0.1) is 22.5 Å². The first-order chi connectivity index (χ1) is 15.4. The third kappa shape index (κ3) is 4.15. The van der Waals surface area contributed by atoms with Crippen molar-refractivity contribution in [3.8, 4) is 0 Å². The first-order valence-electron chi connectivity index (χ1n) is 10.8. The second kappa shape index (κ2) is 8.11. The highest BCUT2D eigenvalue weighted by atomic mass is 35.5. The lowest BCUT2D eigenvalue weighted by molar-refractivity contribution is -0.155. The number of aromatic nitrogens is 2. The fourth-order valence-corrected chi connectivity index (χ4v) is 6.28. The molecule has 5 N–H and O–H groups in total. The molecule has 0 unspecified atom stereocenters. The third-order valence-corrected chi connectivity index (χ3v) is 8.74. The Kier molecular flexibility index (Phi) is 5.83. The number of primary sulfonamides is 1. The van der Waals surface area contributed by atoms with Gasteiger partial charge in [-0.3, -0.25) is 4.79 Å². The Bertz CT molecular complexity index is 1200. The number of nitrogens with one attached hydrogen (secondary N) is 3. The fourth-order valence-electron chi connectivity index (χ4n) is 5.58. The quantitative estimate of drug-likeness (QED) is 0.485. The molecule has 0 radical (unpaired) electrons. The van der Waals surface area contributed by atoms with Crippen LogP contribution in [0.15, 0.2) is 35.4 Å². The largest absolute Gasteiger partial charge is 0.362 e. The predicted octanol–water partition coefficient (Wildman–Crippen LogP) is 3.12. The molecule has 3 fully saturated rings. The molecule has 5 rings (SSSR count). The van der Waals surface area contributed by atoms with E-state index in [0.29, 0.717) is 22.4 Å². The Morgan fingerprint density at radius 1 is 1.24 bits per heavy atom. The van der Waals surface area contributed by atoms with Crippen LogP contribution in [0.4, 0.5) is 17.5 Å². The standard InChI is InChI=1S/C22H29ClN6O3S/c1-21(2)12-8-15(19(30)25-4)22(3,17(21)9-12)29-18-16(23)11-26-20(28-18)27-13-6-5-7-14(10-13)33(24,31)32/h5-7,10-12,15,17H,8-9H2,1-4H3,(H,25,30)(H2,24,31,32)(H2,26,27,28,29)/t12-,15+,17+,22-/m0/s1. The van der Waals surface area contributed by atoms with Gasteiger partial charge in [0.15, 0.2) is 5.82 Å². The molecule has 3 aliphatic rings. The van der Waals surface area contributed by atoms with Crippen molar-refractivity contribution in [3.05, 3.63) is 35.5 Å². The van der Waals surface area contributed by atoms with Gasteiger partial charge in [-0.15, -0.1) is 0 Å². The Hall–Kier alpha value is -2.43. The molecule has 1 aromatic carbocycles. The van der Waals surface area contributed by atoms with Gasteiger partial charge in [-0.2, -0.15) is 4.98 Å². The summed E-state index contributed by atoms with van der Waals surface area (Å²) in [4.78, 5) is 21.5. The number of fused-ring (bicyclic) bond motifs is 2. The molecule has 2 aromatic rings. The number of sulfonamides is 1. The van der Waals surface area contributed by atoms with Gasteiger partial charge < -0.3 is 16.0 Å². The summed E-state index contributed by atoms with van der Waals surface area (Å²) < 4.78 is 23.3. The van der Waals surface area contributed by atoms with Gasteiger partial charge in [-0.1, -0.05) is 31.5 Å². The van der Waals surface area contributed by atoms with E-state index in [2.05, 4.69) is 46.7 Å². The highest BCUT2D eigenvalue weighted by molar-refractivity contribution is 7.89. The molecule has 1 aromatic heterocycles. The molecule has 178 valence electrons. The van der Waals surface area contributed by atoms with Crippen molar-refractivity contribution in [1.29, 1.82) is 0 Å². The van der Waals surface area contributed by atoms with Crippen LogP contribution in [0.1, 0.15) is 33.6 Å². The Morgan fingerprint density at radius 3 is 2.61 bits per heavy atom. The molecule has 1 amide bonds. The molecule has 2 bridgehead atoms. The number of hydrogen-bond donors (Lipinski definition) is 4. The van der Waals surface area contributed by atoms with Gasteiger partial charge in [-0.25, -0.2) is 18.5 Å². The lowest BCUT2D eigenvalue weighted by Crippen LogP contribution is -2.69. The van der Waals surface area contributed by atoms with Crippen molar-refractivity contribution in [2.24, 2.45) is 28.3 Å². The number of amides is 1. The van der Waals surface area contributed by atoms with E-state index in [9.17, 15) is 13.2 Å². The molecule has 9 nitrogen and oxygen atoms in total.